The van der Waals surface area contributed by atoms with Gasteiger partial charge in [-0.05, 0) is 27.2 Å². The molecule has 0 aliphatic rings. The normalized spacial score (nSPS) is 12.3. The number of ether oxygens (including phenoxy) is 1. The number of methoxy groups -OCH3 is 1. The van der Waals surface area contributed by atoms with Crippen molar-refractivity contribution in [1.29, 1.82) is 0 Å². The van der Waals surface area contributed by atoms with Gasteiger partial charge in [0.25, 0.3) is 0 Å². The topological polar surface area (TPSA) is 58.8 Å². The third-order valence-corrected chi connectivity index (χ3v) is 4.95. The molecular formula is C21H31N3O3. The molecule has 148 valence electrons. The van der Waals surface area contributed by atoms with Crippen molar-refractivity contribution in [2.24, 2.45) is 0 Å². The van der Waals surface area contributed by atoms with E-state index in [0.717, 1.165) is 23.2 Å². The molecule has 0 bridgehead atoms. The minimum Gasteiger partial charge on any atom is -0.375 e. The maximum absolute atomic E-state index is 12.7. The largest absolute Gasteiger partial charge is 0.375 e. The number of amides is 1. The van der Waals surface area contributed by atoms with Gasteiger partial charge in [-0.1, -0.05) is 42.4 Å². The number of anilines is 1. The number of nitrogens with zero attached hydrogens (tertiary/aromatic N) is 3. The molecule has 1 aromatic carbocycles. The molecule has 27 heavy (non-hydrogen) atoms. The Morgan fingerprint density at radius 1 is 1.22 bits per heavy atom. The van der Waals surface area contributed by atoms with Gasteiger partial charge >= 0.3 is 0 Å². The van der Waals surface area contributed by atoms with Gasteiger partial charge in [0.05, 0.1) is 12.1 Å². The first kappa shape index (κ1) is 21.0. The van der Waals surface area contributed by atoms with Crippen LogP contribution in [0.25, 0.3) is 11.3 Å². The van der Waals surface area contributed by atoms with Crippen molar-refractivity contribution in [2.75, 3.05) is 25.7 Å². The lowest BCUT2D eigenvalue weighted by Gasteiger charge is -2.30. The van der Waals surface area contributed by atoms with E-state index < -0.39 is 0 Å². The standard InChI is InChI=1S/C21H31N3O3/c1-7-16(4)24(19(25)14-26-6)13-18-20(17-11-9-8-10-12-17)22-27-21(18)23(5)15(2)3/h8-12,15-16H,7,13-14H2,1-6H3. The first-order valence-corrected chi connectivity index (χ1v) is 9.45. The highest BCUT2D eigenvalue weighted by molar-refractivity contribution is 5.78. The zero-order chi connectivity index (χ0) is 20.0. The first-order chi connectivity index (χ1) is 12.9. The molecular weight excluding hydrogens is 342 g/mol. The van der Waals surface area contributed by atoms with Crippen LogP contribution in [0, 0.1) is 0 Å². The second kappa shape index (κ2) is 9.55. The lowest BCUT2D eigenvalue weighted by molar-refractivity contribution is -0.138. The average molecular weight is 373 g/mol. The highest BCUT2D eigenvalue weighted by Crippen LogP contribution is 2.33. The van der Waals surface area contributed by atoms with Crippen LogP contribution in [-0.4, -0.2) is 48.8 Å². The summed E-state index contributed by atoms with van der Waals surface area (Å²) in [4.78, 5) is 16.6. The predicted octanol–water partition coefficient (Wildman–Crippen LogP) is 3.96. The van der Waals surface area contributed by atoms with Crippen molar-refractivity contribution in [3.63, 3.8) is 0 Å². The van der Waals surface area contributed by atoms with Gasteiger partial charge in [-0.25, -0.2) is 0 Å². The molecule has 1 unspecified atom stereocenters. The molecule has 1 heterocycles. The van der Waals surface area contributed by atoms with Crippen LogP contribution < -0.4 is 4.90 Å². The monoisotopic (exact) mass is 373 g/mol. The smallest absolute Gasteiger partial charge is 0.249 e. The highest BCUT2D eigenvalue weighted by atomic mass is 16.5. The zero-order valence-electron chi connectivity index (χ0n) is 17.2. The van der Waals surface area contributed by atoms with E-state index in [1.54, 1.807) is 7.11 Å². The van der Waals surface area contributed by atoms with E-state index in [-0.39, 0.29) is 24.6 Å². The maximum Gasteiger partial charge on any atom is 0.249 e. The Hall–Kier alpha value is -2.34. The Bertz CT molecular complexity index is 728. The highest BCUT2D eigenvalue weighted by Gasteiger charge is 2.27. The minimum atomic E-state index is -0.0368. The van der Waals surface area contributed by atoms with Gasteiger partial charge in [0.15, 0.2) is 0 Å². The third kappa shape index (κ3) is 4.89. The van der Waals surface area contributed by atoms with Gasteiger partial charge < -0.3 is 19.1 Å². The molecule has 0 saturated carbocycles. The lowest BCUT2D eigenvalue weighted by atomic mass is 10.1. The molecule has 0 radical (unpaired) electrons. The molecule has 0 aliphatic heterocycles. The van der Waals surface area contributed by atoms with Crippen molar-refractivity contribution >= 4 is 11.8 Å². The van der Waals surface area contributed by atoms with Crippen LogP contribution in [0.15, 0.2) is 34.9 Å². The number of benzene rings is 1. The number of carbonyl (C=O) groups excluding carboxylic acids is 1. The molecule has 2 rings (SSSR count). The molecule has 0 fully saturated rings. The quantitative estimate of drug-likeness (QED) is 0.666. The van der Waals surface area contributed by atoms with Crippen LogP contribution in [0.1, 0.15) is 39.7 Å². The van der Waals surface area contributed by atoms with E-state index in [1.165, 1.54) is 0 Å². The summed E-state index contributed by atoms with van der Waals surface area (Å²) in [6.45, 7) is 8.80. The van der Waals surface area contributed by atoms with Crippen molar-refractivity contribution in [1.82, 2.24) is 10.1 Å². The third-order valence-electron chi connectivity index (χ3n) is 4.95. The van der Waals surface area contributed by atoms with Gasteiger partial charge in [0.2, 0.25) is 11.8 Å². The Morgan fingerprint density at radius 2 is 1.89 bits per heavy atom. The summed E-state index contributed by atoms with van der Waals surface area (Å²) >= 11 is 0. The van der Waals surface area contributed by atoms with Gasteiger partial charge in [-0.3, -0.25) is 4.79 Å². The Morgan fingerprint density at radius 3 is 2.44 bits per heavy atom. The number of hydrogen-bond donors (Lipinski definition) is 0. The number of hydrogen-bond acceptors (Lipinski definition) is 5. The summed E-state index contributed by atoms with van der Waals surface area (Å²) in [5.74, 6) is 0.660. The summed E-state index contributed by atoms with van der Waals surface area (Å²) in [5, 5.41) is 4.35. The van der Waals surface area contributed by atoms with Crippen molar-refractivity contribution in [3.05, 3.63) is 35.9 Å². The van der Waals surface area contributed by atoms with E-state index >= 15 is 0 Å². The van der Waals surface area contributed by atoms with Crippen LogP contribution in [0.2, 0.25) is 0 Å². The summed E-state index contributed by atoms with van der Waals surface area (Å²) in [6, 6.07) is 10.3. The summed E-state index contributed by atoms with van der Waals surface area (Å²) in [7, 11) is 3.52. The van der Waals surface area contributed by atoms with Crippen molar-refractivity contribution in [3.8, 4) is 11.3 Å². The molecule has 0 aliphatic carbocycles. The zero-order valence-corrected chi connectivity index (χ0v) is 17.2. The molecule has 6 nitrogen and oxygen atoms in total. The van der Waals surface area contributed by atoms with Crippen LogP contribution in [-0.2, 0) is 16.1 Å². The molecule has 2 aromatic rings. The Kier molecular flexibility index (Phi) is 7.42. The molecule has 0 N–H and O–H groups in total. The molecule has 0 saturated heterocycles. The molecule has 1 atom stereocenters. The Labute approximate surface area is 162 Å². The summed E-state index contributed by atoms with van der Waals surface area (Å²) in [6.07, 6.45) is 0.858. The molecule has 0 spiro atoms. The van der Waals surface area contributed by atoms with Crippen LogP contribution in [0.3, 0.4) is 0 Å². The Balaban J connectivity index is 2.50. The van der Waals surface area contributed by atoms with Gasteiger partial charge in [0.1, 0.15) is 12.3 Å². The van der Waals surface area contributed by atoms with Gasteiger partial charge in [-0.2, -0.15) is 0 Å². The van der Waals surface area contributed by atoms with Crippen LogP contribution in [0.5, 0.6) is 0 Å². The SMILES string of the molecule is CCC(C)N(Cc1c(-c2ccccc2)noc1N(C)C(C)C)C(=O)COC. The van der Waals surface area contributed by atoms with Crippen molar-refractivity contribution < 1.29 is 14.1 Å². The number of carbonyl (C=O) groups is 1. The fourth-order valence-corrected chi connectivity index (χ4v) is 2.86. The number of rotatable bonds is 9. The van der Waals surface area contributed by atoms with E-state index in [2.05, 4.69) is 32.9 Å². The van der Waals surface area contributed by atoms with E-state index in [4.69, 9.17) is 9.26 Å². The second-order valence-electron chi connectivity index (χ2n) is 7.10. The minimum absolute atomic E-state index is 0.0368. The summed E-state index contributed by atoms with van der Waals surface area (Å²) in [5.41, 5.74) is 2.67. The molecule has 1 aromatic heterocycles. The second-order valence-corrected chi connectivity index (χ2v) is 7.10. The summed E-state index contributed by atoms with van der Waals surface area (Å²) < 4.78 is 10.8. The fourth-order valence-electron chi connectivity index (χ4n) is 2.86. The van der Waals surface area contributed by atoms with Crippen molar-refractivity contribution in [2.45, 2.75) is 52.7 Å². The lowest BCUT2D eigenvalue weighted by Crippen LogP contribution is -2.40. The van der Waals surface area contributed by atoms with E-state index in [9.17, 15) is 4.79 Å². The molecule has 6 heteroatoms. The maximum atomic E-state index is 12.7. The fraction of sp³-hybridized carbons (Fsp3) is 0.524. The van der Waals surface area contributed by atoms with Crippen LogP contribution in [0.4, 0.5) is 5.88 Å². The van der Waals surface area contributed by atoms with E-state index in [1.807, 2.05) is 47.2 Å². The van der Waals surface area contributed by atoms with Gasteiger partial charge in [0, 0.05) is 31.8 Å². The molecule has 1 amide bonds. The first-order valence-electron chi connectivity index (χ1n) is 9.45. The average Bonchev–Trinajstić information content (AvgIpc) is 3.09. The van der Waals surface area contributed by atoms with Gasteiger partial charge in [-0.15, -0.1) is 0 Å². The van der Waals surface area contributed by atoms with E-state index in [0.29, 0.717) is 12.4 Å². The predicted molar refractivity (Wildman–Crippen MR) is 108 cm³/mol. The van der Waals surface area contributed by atoms with Crippen LogP contribution >= 0.6 is 0 Å². The number of aromatic nitrogens is 1.